The van der Waals surface area contributed by atoms with Gasteiger partial charge in [0.1, 0.15) is 0 Å². The molecular weight excluding hydrogens is 252 g/mol. The fourth-order valence-electron chi connectivity index (χ4n) is 2.92. The molecule has 0 aromatic heterocycles. The smallest absolute Gasteiger partial charge is 0.308 e. The molecule has 3 nitrogen and oxygen atoms in total. The molecular formula is C17H32O3. The van der Waals surface area contributed by atoms with Crippen LogP contribution < -0.4 is 0 Å². The first kappa shape index (κ1) is 17.5. The molecule has 0 N–H and O–H groups in total. The van der Waals surface area contributed by atoms with Crippen molar-refractivity contribution in [2.45, 2.75) is 96.2 Å². The van der Waals surface area contributed by atoms with E-state index in [4.69, 9.17) is 9.47 Å². The molecule has 0 atom stereocenters. The Balaban J connectivity index is 2.10. The molecule has 0 aliphatic heterocycles. The average molecular weight is 284 g/mol. The van der Waals surface area contributed by atoms with Gasteiger partial charge < -0.3 is 9.47 Å². The number of esters is 1. The molecule has 0 spiro atoms. The van der Waals surface area contributed by atoms with Crippen molar-refractivity contribution in [2.75, 3.05) is 7.11 Å². The van der Waals surface area contributed by atoms with Crippen molar-refractivity contribution in [2.24, 2.45) is 0 Å². The first-order valence-electron chi connectivity index (χ1n) is 8.49. The van der Waals surface area contributed by atoms with Gasteiger partial charge >= 0.3 is 5.97 Å². The monoisotopic (exact) mass is 284 g/mol. The number of rotatable bonds is 10. The average Bonchev–Trinajstić information content (AvgIpc) is 2.47. The Labute approximate surface area is 124 Å². The van der Waals surface area contributed by atoms with Crippen molar-refractivity contribution in [3.8, 4) is 0 Å². The van der Waals surface area contributed by atoms with E-state index in [0.29, 0.717) is 6.42 Å². The van der Waals surface area contributed by atoms with Gasteiger partial charge in [0.05, 0.1) is 0 Å². The minimum Gasteiger partial charge on any atom is -0.433 e. The predicted octanol–water partition coefficient (Wildman–Crippen LogP) is 4.98. The third kappa shape index (κ3) is 6.74. The maximum atomic E-state index is 11.9. The van der Waals surface area contributed by atoms with E-state index in [1.807, 2.05) is 0 Å². The Hall–Kier alpha value is -0.570. The van der Waals surface area contributed by atoms with Crippen molar-refractivity contribution in [1.29, 1.82) is 0 Å². The zero-order valence-corrected chi connectivity index (χ0v) is 13.4. The third-order valence-electron chi connectivity index (χ3n) is 4.27. The maximum absolute atomic E-state index is 11.9. The van der Waals surface area contributed by atoms with Crippen LogP contribution in [0.1, 0.15) is 90.4 Å². The fraction of sp³-hybridized carbons (Fsp3) is 0.941. The number of hydrogen-bond donors (Lipinski definition) is 0. The Kier molecular flexibility index (Phi) is 8.92. The summed E-state index contributed by atoms with van der Waals surface area (Å²) in [5.74, 6) is -0.696. The second kappa shape index (κ2) is 10.2. The Morgan fingerprint density at radius 1 is 0.950 bits per heavy atom. The maximum Gasteiger partial charge on any atom is 0.308 e. The summed E-state index contributed by atoms with van der Waals surface area (Å²) in [6, 6.07) is 0. The SMILES string of the molecule is CCCCCCCCCC(=O)OC1(OC)CCCCC1. The molecule has 1 aliphatic rings. The van der Waals surface area contributed by atoms with Crippen LogP contribution in [0.2, 0.25) is 0 Å². The van der Waals surface area contributed by atoms with E-state index in [1.165, 1.54) is 38.5 Å². The van der Waals surface area contributed by atoms with Gasteiger partial charge in [-0.05, 0) is 19.3 Å². The highest BCUT2D eigenvalue weighted by atomic mass is 16.7. The molecule has 20 heavy (non-hydrogen) atoms. The molecule has 118 valence electrons. The second-order valence-corrected chi connectivity index (χ2v) is 6.02. The lowest BCUT2D eigenvalue weighted by atomic mass is 9.94. The van der Waals surface area contributed by atoms with E-state index in [1.54, 1.807) is 7.11 Å². The number of hydrogen-bond acceptors (Lipinski definition) is 3. The number of carbonyl (C=O) groups is 1. The Bertz CT molecular complexity index is 257. The first-order chi connectivity index (χ1) is 9.72. The highest BCUT2D eigenvalue weighted by Crippen LogP contribution is 2.32. The van der Waals surface area contributed by atoms with Crippen LogP contribution in [0.4, 0.5) is 0 Å². The quantitative estimate of drug-likeness (QED) is 0.322. The molecule has 3 heteroatoms. The second-order valence-electron chi connectivity index (χ2n) is 6.02. The third-order valence-corrected chi connectivity index (χ3v) is 4.27. The van der Waals surface area contributed by atoms with Crippen LogP contribution in [0, 0.1) is 0 Å². The zero-order valence-electron chi connectivity index (χ0n) is 13.4. The summed E-state index contributed by atoms with van der Waals surface area (Å²) in [6.07, 6.45) is 14.2. The highest BCUT2D eigenvalue weighted by molar-refractivity contribution is 5.69. The summed E-state index contributed by atoms with van der Waals surface area (Å²) in [6.45, 7) is 2.23. The van der Waals surface area contributed by atoms with E-state index in [-0.39, 0.29) is 5.97 Å². The van der Waals surface area contributed by atoms with Gasteiger partial charge in [-0.1, -0.05) is 51.9 Å². The van der Waals surface area contributed by atoms with E-state index in [0.717, 1.165) is 38.5 Å². The van der Waals surface area contributed by atoms with Gasteiger partial charge in [0, 0.05) is 26.4 Å². The van der Waals surface area contributed by atoms with E-state index in [2.05, 4.69) is 6.92 Å². The number of ether oxygens (including phenoxy) is 2. The van der Waals surface area contributed by atoms with Crippen LogP contribution in [0.5, 0.6) is 0 Å². The number of methoxy groups -OCH3 is 1. The van der Waals surface area contributed by atoms with E-state index in [9.17, 15) is 4.79 Å². The van der Waals surface area contributed by atoms with Gasteiger partial charge in [-0.2, -0.15) is 0 Å². The number of carbonyl (C=O) groups excluding carboxylic acids is 1. The largest absolute Gasteiger partial charge is 0.433 e. The Morgan fingerprint density at radius 2 is 1.55 bits per heavy atom. The lowest BCUT2D eigenvalue weighted by Gasteiger charge is -2.35. The summed E-state index contributed by atoms with van der Waals surface area (Å²) in [5.41, 5.74) is 0. The molecule has 0 amide bonds. The number of unbranched alkanes of at least 4 members (excludes halogenated alkanes) is 6. The summed E-state index contributed by atoms with van der Waals surface area (Å²) >= 11 is 0. The molecule has 0 radical (unpaired) electrons. The molecule has 1 saturated carbocycles. The lowest BCUT2D eigenvalue weighted by Crippen LogP contribution is -2.39. The van der Waals surface area contributed by atoms with Crippen LogP contribution in [-0.2, 0) is 14.3 Å². The van der Waals surface area contributed by atoms with Gasteiger partial charge in [-0.3, -0.25) is 4.79 Å². The van der Waals surface area contributed by atoms with Crippen molar-refractivity contribution in [1.82, 2.24) is 0 Å². The molecule has 0 aromatic carbocycles. The summed E-state index contributed by atoms with van der Waals surface area (Å²) in [5, 5.41) is 0. The Morgan fingerprint density at radius 3 is 2.15 bits per heavy atom. The molecule has 0 heterocycles. The minimum atomic E-state index is -0.615. The topological polar surface area (TPSA) is 35.5 Å². The van der Waals surface area contributed by atoms with E-state index < -0.39 is 5.79 Å². The lowest BCUT2D eigenvalue weighted by molar-refractivity contribution is -0.233. The van der Waals surface area contributed by atoms with Crippen LogP contribution in [0.25, 0.3) is 0 Å². The van der Waals surface area contributed by atoms with Crippen molar-refractivity contribution in [3.05, 3.63) is 0 Å². The van der Waals surface area contributed by atoms with Crippen LogP contribution >= 0.6 is 0 Å². The minimum absolute atomic E-state index is 0.0812. The first-order valence-corrected chi connectivity index (χ1v) is 8.49. The fourth-order valence-corrected chi connectivity index (χ4v) is 2.92. The molecule has 1 fully saturated rings. The van der Waals surface area contributed by atoms with Crippen LogP contribution in [0.15, 0.2) is 0 Å². The van der Waals surface area contributed by atoms with Gasteiger partial charge in [0.25, 0.3) is 0 Å². The molecule has 1 rings (SSSR count). The van der Waals surface area contributed by atoms with Crippen LogP contribution in [-0.4, -0.2) is 18.9 Å². The van der Waals surface area contributed by atoms with Crippen LogP contribution in [0.3, 0.4) is 0 Å². The zero-order chi connectivity index (χ0) is 14.7. The predicted molar refractivity (Wildman–Crippen MR) is 81.5 cm³/mol. The van der Waals surface area contributed by atoms with Gasteiger partial charge in [-0.25, -0.2) is 0 Å². The molecule has 0 bridgehead atoms. The standard InChI is InChI=1S/C17H32O3/c1-3-4-5-6-7-8-10-13-16(18)20-17(19-2)14-11-9-12-15-17/h3-15H2,1-2H3. The highest BCUT2D eigenvalue weighted by Gasteiger charge is 2.35. The van der Waals surface area contributed by atoms with E-state index >= 15 is 0 Å². The summed E-state index contributed by atoms with van der Waals surface area (Å²) in [4.78, 5) is 11.9. The summed E-state index contributed by atoms with van der Waals surface area (Å²) in [7, 11) is 1.66. The molecule has 0 aromatic rings. The summed E-state index contributed by atoms with van der Waals surface area (Å²) < 4.78 is 11.1. The van der Waals surface area contributed by atoms with Gasteiger partial charge in [-0.15, -0.1) is 0 Å². The van der Waals surface area contributed by atoms with Gasteiger partial charge in [0.15, 0.2) is 0 Å². The van der Waals surface area contributed by atoms with Crippen molar-refractivity contribution >= 4 is 5.97 Å². The van der Waals surface area contributed by atoms with Crippen molar-refractivity contribution in [3.63, 3.8) is 0 Å². The van der Waals surface area contributed by atoms with Crippen molar-refractivity contribution < 1.29 is 14.3 Å². The molecule has 0 saturated heterocycles. The van der Waals surface area contributed by atoms with Gasteiger partial charge in [0.2, 0.25) is 5.79 Å². The molecule has 0 unspecified atom stereocenters. The normalized spacial score (nSPS) is 17.9. The molecule has 1 aliphatic carbocycles.